The van der Waals surface area contributed by atoms with Gasteiger partial charge in [0.15, 0.2) is 5.69 Å². The summed E-state index contributed by atoms with van der Waals surface area (Å²) in [7, 11) is 0. The van der Waals surface area contributed by atoms with Crippen molar-refractivity contribution in [3.05, 3.63) is 17.5 Å². The average Bonchev–Trinajstić information content (AvgIpc) is 2.42. The summed E-state index contributed by atoms with van der Waals surface area (Å²) >= 11 is 0. The molecule has 84 valence electrons. The highest BCUT2D eigenvalue weighted by Gasteiger charge is 2.34. The first-order valence-corrected chi connectivity index (χ1v) is 4.20. The summed E-state index contributed by atoms with van der Waals surface area (Å²) in [6.07, 6.45) is -4.48. The lowest BCUT2D eigenvalue weighted by atomic mass is 10.3. The molecule has 0 unspecified atom stereocenters. The van der Waals surface area contributed by atoms with Gasteiger partial charge in [-0.15, -0.1) is 0 Å². The largest absolute Gasteiger partial charge is 0.435 e. The van der Waals surface area contributed by atoms with Gasteiger partial charge in [0.25, 0.3) is 0 Å². The van der Waals surface area contributed by atoms with Gasteiger partial charge in [0.2, 0.25) is 5.91 Å². The Bertz CT molecular complexity index is 370. The van der Waals surface area contributed by atoms with Crippen LogP contribution >= 0.6 is 0 Å². The van der Waals surface area contributed by atoms with Crippen molar-refractivity contribution in [1.82, 2.24) is 9.78 Å². The predicted molar refractivity (Wildman–Crippen MR) is 45.8 cm³/mol. The van der Waals surface area contributed by atoms with E-state index in [0.29, 0.717) is 5.69 Å². The molecule has 0 saturated heterocycles. The topological polar surface area (TPSA) is 60.9 Å². The van der Waals surface area contributed by atoms with Crippen molar-refractivity contribution in [2.45, 2.75) is 26.1 Å². The van der Waals surface area contributed by atoms with Gasteiger partial charge in [-0.3, -0.25) is 9.48 Å². The van der Waals surface area contributed by atoms with Crippen LogP contribution in [0.1, 0.15) is 17.8 Å². The van der Waals surface area contributed by atoms with Crippen molar-refractivity contribution < 1.29 is 18.0 Å². The maximum Gasteiger partial charge on any atom is 0.435 e. The molecule has 0 spiro atoms. The zero-order chi connectivity index (χ0) is 11.6. The number of amides is 1. The van der Waals surface area contributed by atoms with E-state index in [4.69, 9.17) is 5.73 Å². The minimum atomic E-state index is -4.46. The number of carbonyl (C=O) groups is 1. The molecule has 1 aromatic heterocycles. The van der Waals surface area contributed by atoms with Crippen molar-refractivity contribution in [2.24, 2.45) is 5.73 Å². The first kappa shape index (κ1) is 11.5. The first-order chi connectivity index (χ1) is 6.80. The summed E-state index contributed by atoms with van der Waals surface area (Å²) in [5.41, 5.74) is 4.28. The zero-order valence-corrected chi connectivity index (χ0v) is 8.01. The van der Waals surface area contributed by atoms with Gasteiger partial charge in [-0.05, 0) is 13.0 Å². The third-order valence-electron chi connectivity index (χ3n) is 1.84. The molecule has 15 heavy (non-hydrogen) atoms. The fourth-order valence-corrected chi connectivity index (χ4v) is 1.09. The Hall–Kier alpha value is -1.53. The Morgan fingerprint density at radius 3 is 2.60 bits per heavy atom. The summed E-state index contributed by atoms with van der Waals surface area (Å²) in [6, 6.07) is 0.932. The molecule has 0 saturated carbocycles. The van der Waals surface area contributed by atoms with Crippen molar-refractivity contribution in [1.29, 1.82) is 0 Å². The molecule has 0 aliphatic carbocycles. The highest BCUT2D eigenvalue weighted by Crippen LogP contribution is 2.28. The fraction of sp³-hybridized carbons (Fsp3) is 0.500. The zero-order valence-electron chi connectivity index (χ0n) is 8.01. The SMILES string of the molecule is Cc1cc(C(F)(F)F)nn1CCC(N)=O. The number of aryl methyl sites for hydroxylation is 2. The molecule has 1 amide bonds. The highest BCUT2D eigenvalue weighted by atomic mass is 19.4. The van der Waals surface area contributed by atoms with Crippen LogP contribution in [0.3, 0.4) is 0 Å². The lowest BCUT2D eigenvalue weighted by molar-refractivity contribution is -0.141. The second-order valence-corrected chi connectivity index (χ2v) is 3.11. The van der Waals surface area contributed by atoms with Crippen LogP contribution in [0, 0.1) is 6.92 Å². The minimum Gasteiger partial charge on any atom is -0.370 e. The number of primary amides is 1. The fourth-order valence-electron chi connectivity index (χ4n) is 1.09. The summed E-state index contributed by atoms with van der Waals surface area (Å²) in [4.78, 5) is 10.4. The van der Waals surface area contributed by atoms with Gasteiger partial charge in [0.1, 0.15) is 0 Å². The Balaban J connectivity index is 2.82. The van der Waals surface area contributed by atoms with Crippen LogP contribution in [0.25, 0.3) is 0 Å². The summed E-state index contributed by atoms with van der Waals surface area (Å²) in [5, 5.41) is 3.34. The molecule has 2 N–H and O–H groups in total. The van der Waals surface area contributed by atoms with E-state index in [2.05, 4.69) is 5.10 Å². The maximum atomic E-state index is 12.2. The van der Waals surface area contributed by atoms with Crippen molar-refractivity contribution in [3.63, 3.8) is 0 Å². The second kappa shape index (κ2) is 3.92. The molecule has 0 aliphatic rings. The monoisotopic (exact) mass is 221 g/mol. The number of alkyl halides is 3. The Labute approximate surface area is 83.9 Å². The molecule has 0 fully saturated rings. The first-order valence-electron chi connectivity index (χ1n) is 4.20. The van der Waals surface area contributed by atoms with Gasteiger partial charge >= 0.3 is 6.18 Å². The molecule has 4 nitrogen and oxygen atoms in total. The molecule has 0 radical (unpaired) electrons. The average molecular weight is 221 g/mol. The van der Waals surface area contributed by atoms with Crippen molar-refractivity contribution in [2.75, 3.05) is 0 Å². The molecule has 0 bridgehead atoms. The van der Waals surface area contributed by atoms with Crippen molar-refractivity contribution in [3.8, 4) is 0 Å². The van der Waals surface area contributed by atoms with E-state index in [1.807, 2.05) is 0 Å². The molecule has 7 heteroatoms. The smallest absolute Gasteiger partial charge is 0.370 e. The molecular formula is C8H10F3N3O. The molecule has 0 aliphatic heterocycles. The summed E-state index contributed by atoms with van der Waals surface area (Å²) in [6.45, 7) is 1.56. The number of hydrogen-bond donors (Lipinski definition) is 1. The molecular weight excluding hydrogens is 211 g/mol. The van der Waals surface area contributed by atoms with Crippen molar-refractivity contribution >= 4 is 5.91 Å². The van der Waals surface area contributed by atoms with Crippen LogP contribution in [0.15, 0.2) is 6.07 Å². The molecule has 1 rings (SSSR count). The van der Waals surface area contributed by atoms with E-state index >= 15 is 0 Å². The third kappa shape index (κ3) is 2.97. The van der Waals surface area contributed by atoms with Gasteiger partial charge < -0.3 is 5.73 Å². The number of halogens is 3. The Morgan fingerprint density at radius 1 is 1.60 bits per heavy atom. The maximum absolute atomic E-state index is 12.2. The number of nitrogens with two attached hydrogens (primary N) is 1. The predicted octanol–water partition coefficient (Wildman–Crippen LogP) is 1.09. The number of aromatic nitrogens is 2. The van der Waals surface area contributed by atoms with Crippen LogP contribution in [0.4, 0.5) is 13.2 Å². The van der Waals surface area contributed by atoms with Crippen LogP contribution in [0.5, 0.6) is 0 Å². The van der Waals surface area contributed by atoms with E-state index in [9.17, 15) is 18.0 Å². The van der Waals surface area contributed by atoms with Gasteiger partial charge in [-0.1, -0.05) is 0 Å². The Kier molecular flexibility index (Phi) is 3.01. The van der Waals surface area contributed by atoms with Crippen LogP contribution in [-0.4, -0.2) is 15.7 Å². The summed E-state index contributed by atoms with van der Waals surface area (Å²) in [5.74, 6) is -0.571. The van der Waals surface area contributed by atoms with Gasteiger partial charge in [-0.25, -0.2) is 0 Å². The second-order valence-electron chi connectivity index (χ2n) is 3.11. The highest BCUT2D eigenvalue weighted by molar-refractivity contribution is 5.73. The Morgan fingerprint density at radius 2 is 2.20 bits per heavy atom. The number of nitrogens with zero attached hydrogens (tertiary/aromatic N) is 2. The van der Waals surface area contributed by atoms with Gasteiger partial charge in [0.05, 0.1) is 0 Å². The number of hydrogen-bond acceptors (Lipinski definition) is 2. The van der Waals surface area contributed by atoms with E-state index in [1.54, 1.807) is 0 Å². The third-order valence-corrected chi connectivity index (χ3v) is 1.84. The molecule has 1 heterocycles. The quantitative estimate of drug-likeness (QED) is 0.830. The van der Waals surface area contributed by atoms with E-state index < -0.39 is 17.8 Å². The minimum absolute atomic E-state index is 0.0280. The number of carbonyl (C=O) groups excluding carboxylic acids is 1. The summed E-state index contributed by atoms with van der Waals surface area (Å²) < 4.78 is 37.8. The standard InChI is InChI=1S/C8H10F3N3O/c1-5-4-6(8(9,10)11)13-14(5)3-2-7(12)15/h4H,2-3H2,1H3,(H2,12,15). The number of rotatable bonds is 3. The van der Waals surface area contributed by atoms with E-state index in [1.165, 1.54) is 6.92 Å². The van der Waals surface area contributed by atoms with E-state index in [0.717, 1.165) is 10.7 Å². The molecule has 0 atom stereocenters. The van der Waals surface area contributed by atoms with Gasteiger partial charge in [0, 0.05) is 18.7 Å². The lowest BCUT2D eigenvalue weighted by Crippen LogP contribution is -2.15. The van der Waals surface area contributed by atoms with Gasteiger partial charge in [-0.2, -0.15) is 18.3 Å². The van der Waals surface area contributed by atoms with Crippen LogP contribution in [0.2, 0.25) is 0 Å². The lowest BCUT2D eigenvalue weighted by Gasteiger charge is -2.02. The van der Waals surface area contributed by atoms with E-state index in [-0.39, 0.29) is 13.0 Å². The van der Waals surface area contributed by atoms with Crippen LogP contribution in [-0.2, 0) is 17.5 Å². The van der Waals surface area contributed by atoms with Crippen LogP contribution < -0.4 is 5.73 Å². The molecule has 0 aromatic carbocycles. The normalized spacial score (nSPS) is 11.7. The molecule has 1 aromatic rings.